The second-order valence-corrected chi connectivity index (χ2v) is 2.35. The molecule has 0 fully saturated rings. The van der Waals surface area contributed by atoms with Crippen LogP contribution in [-0.4, -0.2) is 13.7 Å². The Morgan fingerprint density at radius 2 is 1.77 bits per heavy atom. The van der Waals surface area contributed by atoms with Crippen LogP contribution < -0.4 is 9.47 Å². The maximum atomic E-state index is 12.9. The molecule has 13 heavy (non-hydrogen) atoms. The lowest BCUT2D eigenvalue weighted by molar-refractivity contribution is 0.313. The van der Waals surface area contributed by atoms with Gasteiger partial charge in [0.2, 0.25) is 0 Å². The topological polar surface area (TPSA) is 18.5 Å². The molecule has 2 nitrogen and oxygen atoms in total. The molecule has 0 N–H and O–H groups in total. The van der Waals surface area contributed by atoms with Crippen LogP contribution in [0.15, 0.2) is 12.1 Å². The highest BCUT2D eigenvalue weighted by Gasteiger charge is 2.10. The first-order chi connectivity index (χ1) is 6.19. The number of hydrogen-bond donors (Lipinski definition) is 0. The monoisotopic (exact) mass is 188 g/mol. The number of halogens is 2. The molecule has 0 unspecified atom stereocenters. The Kier molecular flexibility index (Phi) is 3.06. The molecule has 1 rings (SSSR count). The molecule has 0 saturated heterocycles. The van der Waals surface area contributed by atoms with E-state index in [1.54, 1.807) is 6.92 Å². The molecule has 0 bridgehead atoms. The van der Waals surface area contributed by atoms with Gasteiger partial charge in [0, 0.05) is 12.1 Å². The first-order valence-electron chi connectivity index (χ1n) is 3.84. The summed E-state index contributed by atoms with van der Waals surface area (Å²) in [6, 6.07) is 1.93. The van der Waals surface area contributed by atoms with Crippen molar-refractivity contribution in [3.8, 4) is 11.5 Å². The number of methoxy groups -OCH3 is 1. The summed E-state index contributed by atoms with van der Waals surface area (Å²) in [5.74, 6) is -1.48. The van der Waals surface area contributed by atoms with Gasteiger partial charge in [-0.3, -0.25) is 0 Å². The summed E-state index contributed by atoms with van der Waals surface area (Å²) in [4.78, 5) is 0. The Bertz CT molecular complexity index is 300. The summed E-state index contributed by atoms with van der Waals surface area (Å²) < 4.78 is 35.4. The van der Waals surface area contributed by atoms with Crippen LogP contribution in [0.3, 0.4) is 0 Å². The third-order valence-corrected chi connectivity index (χ3v) is 1.51. The molecule has 72 valence electrons. The van der Waals surface area contributed by atoms with Crippen LogP contribution in [0.4, 0.5) is 8.78 Å². The smallest absolute Gasteiger partial charge is 0.168 e. The summed E-state index contributed by atoms with van der Waals surface area (Å²) in [5, 5.41) is 0. The van der Waals surface area contributed by atoms with Gasteiger partial charge in [0.1, 0.15) is 0 Å². The van der Waals surface area contributed by atoms with Crippen molar-refractivity contribution in [2.45, 2.75) is 6.92 Å². The van der Waals surface area contributed by atoms with Crippen molar-refractivity contribution < 1.29 is 18.3 Å². The predicted molar refractivity (Wildman–Crippen MR) is 44.1 cm³/mol. The van der Waals surface area contributed by atoms with E-state index in [1.165, 1.54) is 13.2 Å². The van der Waals surface area contributed by atoms with Crippen molar-refractivity contribution in [1.82, 2.24) is 0 Å². The fourth-order valence-electron chi connectivity index (χ4n) is 0.933. The van der Waals surface area contributed by atoms with E-state index < -0.39 is 11.6 Å². The van der Waals surface area contributed by atoms with Crippen molar-refractivity contribution in [3.05, 3.63) is 23.8 Å². The Labute approximate surface area is 75.1 Å². The van der Waals surface area contributed by atoms with Gasteiger partial charge in [-0.15, -0.1) is 0 Å². The zero-order valence-electron chi connectivity index (χ0n) is 7.43. The average Bonchev–Trinajstić information content (AvgIpc) is 2.10. The van der Waals surface area contributed by atoms with Crippen LogP contribution in [0.25, 0.3) is 0 Å². The lowest BCUT2D eigenvalue weighted by Crippen LogP contribution is -1.97. The van der Waals surface area contributed by atoms with Crippen LogP contribution in [0.2, 0.25) is 0 Å². The van der Waals surface area contributed by atoms with E-state index in [9.17, 15) is 8.78 Å². The highest BCUT2D eigenvalue weighted by atomic mass is 19.1. The summed E-state index contributed by atoms with van der Waals surface area (Å²) in [6.07, 6.45) is 0. The van der Waals surface area contributed by atoms with Crippen molar-refractivity contribution in [3.63, 3.8) is 0 Å². The van der Waals surface area contributed by atoms with E-state index in [4.69, 9.17) is 4.74 Å². The quantitative estimate of drug-likeness (QED) is 0.725. The molecule has 0 aliphatic rings. The second kappa shape index (κ2) is 4.07. The van der Waals surface area contributed by atoms with E-state index >= 15 is 0 Å². The summed E-state index contributed by atoms with van der Waals surface area (Å²) >= 11 is 0. The Hall–Kier alpha value is -1.32. The SMILES string of the molecule is CCOc1cc(OC)c(F)cc1F. The first kappa shape index (κ1) is 9.77. The third-order valence-electron chi connectivity index (χ3n) is 1.51. The molecule has 0 saturated carbocycles. The minimum atomic E-state index is -0.733. The summed E-state index contributed by atoms with van der Waals surface area (Å²) in [6.45, 7) is 2.04. The number of benzene rings is 1. The van der Waals surface area contributed by atoms with Crippen molar-refractivity contribution in [2.75, 3.05) is 13.7 Å². The van der Waals surface area contributed by atoms with Crippen LogP contribution in [0.1, 0.15) is 6.92 Å². The highest BCUT2D eigenvalue weighted by Crippen LogP contribution is 2.26. The van der Waals surface area contributed by atoms with Gasteiger partial charge in [-0.25, -0.2) is 8.78 Å². The molecule has 0 aromatic heterocycles. The Balaban J connectivity index is 3.06. The Morgan fingerprint density at radius 1 is 1.15 bits per heavy atom. The molecule has 1 aromatic carbocycles. The fraction of sp³-hybridized carbons (Fsp3) is 0.333. The first-order valence-corrected chi connectivity index (χ1v) is 3.84. The van der Waals surface area contributed by atoms with Gasteiger partial charge in [0.15, 0.2) is 23.1 Å². The van der Waals surface area contributed by atoms with Gasteiger partial charge in [-0.05, 0) is 6.92 Å². The van der Waals surface area contributed by atoms with E-state index in [2.05, 4.69) is 4.74 Å². The lowest BCUT2D eigenvalue weighted by Gasteiger charge is -2.07. The van der Waals surface area contributed by atoms with E-state index in [0.717, 1.165) is 6.07 Å². The molecule has 0 atom stereocenters. The van der Waals surface area contributed by atoms with Gasteiger partial charge < -0.3 is 9.47 Å². The Morgan fingerprint density at radius 3 is 2.31 bits per heavy atom. The minimum absolute atomic E-state index is 0.000694. The molecule has 1 aromatic rings. The molecule has 0 radical (unpaired) electrons. The predicted octanol–water partition coefficient (Wildman–Crippen LogP) is 2.37. The molecular weight excluding hydrogens is 178 g/mol. The maximum Gasteiger partial charge on any atom is 0.168 e. The lowest BCUT2D eigenvalue weighted by atomic mass is 10.3. The summed E-state index contributed by atoms with van der Waals surface area (Å²) in [7, 11) is 1.31. The number of rotatable bonds is 3. The van der Waals surface area contributed by atoms with Gasteiger partial charge in [0.25, 0.3) is 0 Å². The van der Waals surface area contributed by atoms with Gasteiger partial charge in [-0.2, -0.15) is 0 Å². The molecule has 0 aliphatic heterocycles. The van der Waals surface area contributed by atoms with Crippen molar-refractivity contribution in [2.24, 2.45) is 0 Å². The maximum absolute atomic E-state index is 12.9. The largest absolute Gasteiger partial charge is 0.494 e. The molecule has 0 spiro atoms. The van der Waals surface area contributed by atoms with Crippen LogP contribution in [-0.2, 0) is 0 Å². The van der Waals surface area contributed by atoms with E-state index in [0.29, 0.717) is 6.61 Å². The normalized spacial score (nSPS) is 9.85. The molecule has 0 aliphatic carbocycles. The molecule has 0 heterocycles. The van der Waals surface area contributed by atoms with Crippen LogP contribution in [0, 0.1) is 11.6 Å². The molecule has 4 heteroatoms. The van der Waals surface area contributed by atoms with Gasteiger partial charge in [0.05, 0.1) is 13.7 Å². The highest BCUT2D eigenvalue weighted by molar-refractivity contribution is 5.35. The third kappa shape index (κ3) is 2.08. The average molecular weight is 188 g/mol. The standard InChI is InChI=1S/C9H10F2O2/c1-3-13-9-5-8(12-2)6(10)4-7(9)11/h4-5H,3H2,1-2H3. The number of hydrogen-bond acceptors (Lipinski definition) is 2. The molecule has 0 amide bonds. The minimum Gasteiger partial charge on any atom is -0.494 e. The van der Waals surface area contributed by atoms with Gasteiger partial charge in [-0.1, -0.05) is 0 Å². The van der Waals surface area contributed by atoms with Crippen LogP contribution in [0.5, 0.6) is 11.5 Å². The summed E-state index contributed by atoms with van der Waals surface area (Å²) in [5.41, 5.74) is 0. The molecular formula is C9H10F2O2. The number of ether oxygens (including phenoxy) is 2. The second-order valence-electron chi connectivity index (χ2n) is 2.35. The van der Waals surface area contributed by atoms with E-state index in [1.807, 2.05) is 0 Å². The zero-order valence-corrected chi connectivity index (χ0v) is 7.43. The fourth-order valence-corrected chi connectivity index (χ4v) is 0.933. The van der Waals surface area contributed by atoms with Gasteiger partial charge >= 0.3 is 0 Å². The van der Waals surface area contributed by atoms with Crippen molar-refractivity contribution in [1.29, 1.82) is 0 Å². The zero-order chi connectivity index (χ0) is 9.84. The van der Waals surface area contributed by atoms with E-state index in [-0.39, 0.29) is 11.5 Å². The van der Waals surface area contributed by atoms with Crippen LogP contribution >= 0.6 is 0 Å². The van der Waals surface area contributed by atoms with Crippen molar-refractivity contribution >= 4 is 0 Å².